The minimum atomic E-state index is 0.185. The summed E-state index contributed by atoms with van der Waals surface area (Å²) in [5.74, 6) is 2.30. The molecule has 2 rings (SSSR count). The first-order chi connectivity index (χ1) is 8.49. The van der Waals surface area contributed by atoms with Crippen LogP contribution in [0.2, 0.25) is 0 Å². The van der Waals surface area contributed by atoms with Crippen LogP contribution in [0.25, 0.3) is 0 Å². The Morgan fingerprint density at radius 2 is 2.00 bits per heavy atom. The molecule has 1 aliphatic rings. The van der Waals surface area contributed by atoms with Crippen molar-refractivity contribution in [3.8, 4) is 0 Å². The van der Waals surface area contributed by atoms with Gasteiger partial charge in [0, 0.05) is 14.1 Å². The summed E-state index contributed by atoms with van der Waals surface area (Å²) in [6, 6.07) is 6.61. The van der Waals surface area contributed by atoms with Gasteiger partial charge >= 0.3 is 0 Å². The molecule has 0 aliphatic heterocycles. The summed E-state index contributed by atoms with van der Waals surface area (Å²) in [7, 11) is 0. The van der Waals surface area contributed by atoms with Gasteiger partial charge in [-0.05, 0) is 76.9 Å². The van der Waals surface area contributed by atoms with Gasteiger partial charge in [0.05, 0.1) is 0 Å². The molecule has 1 aromatic rings. The highest BCUT2D eigenvalue weighted by Crippen LogP contribution is 2.40. The summed E-state index contributed by atoms with van der Waals surface area (Å²) >= 11 is 5.95. The van der Waals surface area contributed by atoms with Crippen molar-refractivity contribution in [2.45, 2.75) is 39.2 Å². The molecule has 0 radical (unpaired) electrons. The fourth-order valence-electron chi connectivity index (χ4n) is 2.94. The Labute approximate surface area is 132 Å². The Bertz CT molecular complexity index is 421. The van der Waals surface area contributed by atoms with E-state index < -0.39 is 0 Å². The molecule has 1 nitrogen and oxygen atoms in total. The van der Waals surface area contributed by atoms with Crippen molar-refractivity contribution in [3.05, 3.63) is 31.8 Å². The van der Waals surface area contributed by atoms with Gasteiger partial charge in [-0.25, -0.2) is 0 Å². The number of hydrogen-bond acceptors (Lipinski definition) is 1. The van der Waals surface area contributed by atoms with E-state index in [-0.39, 0.29) is 6.04 Å². The van der Waals surface area contributed by atoms with E-state index in [4.69, 9.17) is 5.73 Å². The van der Waals surface area contributed by atoms with Crippen LogP contribution in [0.4, 0.5) is 0 Å². The van der Waals surface area contributed by atoms with E-state index in [1.54, 1.807) is 0 Å². The van der Waals surface area contributed by atoms with Crippen molar-refractivity contribution < 1.29 is 0 Å². The topological polar surface area (TPSA) is 26.0 Å². The molecule has 4 unspecified atom stereocenters. The van der Waals surface area contributed by atoms with E-state index in [1.807, 2.05) is 0 Å². The van der Waals surface area contributed by atoms with E-state index in [2.05, 4.69) is 70.6 Å². The monoisotopic (exact) mass is 421 g/mol. The van der Waals surface area contributed by atoms with Crippen LogP contribution in [0, 0.1) is 21.3 Å². The first-order valence-electron chi connectivity index (χ1n) is 6.69. The highest BCUT2D eigenvalue weighted by Gasteiger charge is 2.29. The Kier molecular flexibility index (Phi) is 5.12. The summed E-state index contributed by atoms with van der Waals surface area (Å²) in [5.41, 5.74) is 7.82. The molecule has 0 heterocycles. The Balaban J connectivity index is 2.16. The SMILES string of the molecule is CC1CCC(C(N)c2cc(Br)ccc2I)CC1C. The van der Waals surface area contributed by atoms with Gasteiger partial charge in [-0.3, -0.25) is 0 Å². The zero-order valence-corrected chi connectivity index (χ0v) is 14.7. The molecule has 100 valence electrons. The lowest BCUT2D eigenvalue weighted by atomic mass is 9.72. The number of nitrogens with two attached hydrogens (primary N) is 1. The molecule has 0 spiro atoms. The lowest BCUT2D eigenvalue weighted by Crippen LogP contribution is -2.29. The smallest absolute Gasteiger partial charge is 0.0334 e. The predicted molar refractivity (Wildman–Crippen MR) is 89.5 cm³/mol. The Hall–Kier alpha value is 0.390. The van der Waals surface area contributed by atoms with Gasteiger partial charge in [0.2, 0.25) is 0 Å². The second-order valence-corrected chi connectivity index (χ2v) is 7.80. The first-order valence-corrected chi connectivity index (χ1v) is 8.56. The maximum Gasteiger partial charge on any atom is 0.0334 e. The van der Waals surface area contributed by atoms with Crippen LogP contribution < -0.4 is 5.73 Å². The fourth-order valence-corrected chi connectivity index (χ4v) is 4.01. The van der Waals surface area contributed by atoms with Gasteiger partial charge in [0.25, 0.3) is 0 Å². The minimum absolute atomic E-state index is 0.185. The zero-order valence-electron chi connectivity index (χ0n) is 11.0. The molecule has 3 heteroatoms. The second-order valence-electron chi connectivity index (χ2n) is 5.72. The summed E-state index contributed by atoms with van der Waals surface area (Å²) in [6.45, 7) is 4.74. The van der Waals surface area contributed by atoms with E-state index in [0.717, 1.165) is 16.3 Å². The summed E-state index contributed by atoms with van der Waals surface area (Å²) < 4.78 is 2.42. The third-order valence-corrected chi connectivity index (χ3v) is 5.94. The van der Waals surface area contributed by atoms with Crippen LogP contribution in [-0.4, -0.2) is 0 Å². The van der Waals surface area contributed by atoms with Crippen molar-refractivity contribution in [3.63, 3.8) is 0 Å². The van der Waals surface area contributed by atoms with Crippen molar-refractivity contribution in [1.29, 1.82) is 0 Å². The van der Waals surface area contributed by atoms with Gasteiger partial charge in [-0.2, -0.15) is 0 Å². The summed E-state index contributed by atoms with van der Waals surface area (Å²) in [6.07, 6.45) is 3.87. The van der Waals surface area contributed by atoms with Gasteiger partial charge in [0.1, 0.15) is 0 Å². The highest BCUT2D eigenvalue weighted by atomic mass is 127. The number of hydrogen-bond donors (Lipinski definition) is 1. The van der Waals surface area contributed by atoms with Crippen LogP contribution in [0.1, 0.15) is 44.7 Å². The quantitative estimate of drug-likeness (QED) is 0.658. The molecule has 0 aromatic heterocycles. The molecule has 4 atom stereocenters. The first kappa shape index (κ1) is 14.8. The van der Waals surface area contributed by atoms with E-state index in [1.165, 1.54) is 28.4 Å². The van der Waals surface area contributed by atoms with Gasteiger partial charge < -0.3 is 5.73 Å². The number of halogens is 2. The molecule has 0 bridgehead atoms. The van der Waals surface area contributed by atoms with Gasteiger partial charge in [0.15, 0.2) is 0 Å². The Morgan fingerprint density at radius 3 is 2.67 bits per heavy atom. The largest absolute Gasteiger partial charge is 0.324 e. The normalized spacial score (nSPS) is 30.2. The van der Waals surface area contributed by atoms with Crippen molar-refractivity contribution >= 4 is 38.5 Å². The second kappa shape index (κ2) is 6.23. The molecule has 1 aliphatic carbocycles. The van der Waals surface area contributed by atoms with E-state index >= 15 is 0 Å². The molecular weight excluding hydrogens is 401 g/mol. The number of benzene rings is 1. The third-order valence-electron chi connectivity index (χ3n) is 4.46. The van der Waals surface area contributed by atoms with E-state index in [0.29, 0.717) is 5.92 Å². The predicted octanol–water partition coefficient (Wildman–Crippen LogP) is 5.13. The average Bonchev–Trinajstić information content (AvgIpc) is 2.35. The molecule has 1 fully saturated rings. The number of rotatable bonds is 2. The van der Waals surface area contributed by atoms with Crippen LogP contribution in [0.5, 0.6) is 0 Å². The minimum Gasteiger partial charge on any atom is -0.324 e. The standard InChI is InChI=1S/C15H21BrIN/c1-9-3-4-11(7-10(9)2)15(18)13-8-12(16)5-6-14(13)17/h5-6,8-11,15H,3-4,7,18H2,1-2H3. The summed E-state index contributed by atoms with van der Waals surface area (Å²) in [5, 5.41) is 0. The van der Waals surface area contributed by atoms with Gasteiger partial charge in [-0.1, -0.05) is 36.2 Å². The molecule has 18 heavy (non-hydrogen) atoms. The van der Waals surface area contributed by atoms with Crippen molar-refractivity contribution in [2.75, 3.05) is 0 Å². The van der Waals surface area contributed by atoms with E-state index in [9.17, 15) is 0 Å². The summed E-state index contributed by atoms with van der Waals surface area (Å²) in [4.78, 5) is 0. The van der Waals surface area contributed by atoms with Crippen molar-refractivity contribution in [2.24, 2.45) is 23.5 Å². The molecule has 2 N–H and O–H groups in total. The molecule has 0 amide bonds. The molecule has 0 saturated heterocycles. The van der Waals surface area contributed by atoms with Gasteiger partial charge in [-0.15, -0.1) is 0 Å². The van der Waals surface area contributed by atoms with Crippen LogP contribution in [0.15, 0.2) is 22.7 Å². The Morgan fingerprint density at radius 1 is 1.28 bits per heavy atom. The van der Waals surface area contributed by atoms with Crippen LogP contribution in [-0.2, 0) is 0 Å². The lowest BCUT2D eigenvalue weighted by molar-refractivity contribution is 0.186. The maximum absolute atomic E-state index is 6.52. The van der Waals surface area contributed by atoms with Crippen LogP contribution in [0.3, 0.4) is 0 Å². The highest BCUT2D eigenvalue weighted by molar-refractivity contribution is 14.1. The lowest BCUT2D eigenvalue weighted by Gasteiger charge is -2.35. The average molecular weight is 422 g/mol. The molecule has 1 aromatic carbocycles. The van der Waals surface area contributed by atoms with Crippen molar-refractivity contribution in [1.82, 2.24) is 0 Å². The maximum atomic E-state index is 6.52. The third kappa shape index (κ3) is 3.28. The molecule has 1 saturated carbocycles. The van der Waals surface area contributed by atoms with Crippen LogP contribution >= 0.6 is 38.5 Å². The molecular formula is C15H21BrIN. The zero-order chi connectivity index (χ0) is 13.3. The fraction of sp³-hybridized carbons (Fsp3) is 0.600.